The van der Waals surface area contributed by atoms with Gasteiger partial charge < -0.3 is 0 Å². The first kappa shape index (κ1) is 16.0. The number of thioether (sulfide) groups is 1. The molecule has 1 aliphatic heterocycles. The molecule has 0 radical (unpaired) electrons. The van der Waals surface area contributed by atoms with Crippen molar-refractivity contribution >= 4 is 45.1 Å². The fourth-order valence-corrected chi connectivity index (χ4v) is 5.92. The SMILES string of the molecule is O=C1c2ccccc2C(=O)N1CSc1ncnc2sc3c(c12)CCCC3. The molecule has 0 N–H and O–H groups in total. The van der Waals surface area contributed by atoms with Crippen molar-refractivity contribution in [2.75, 3.05) is 5.88 Å². The summed E-state index contributed by atoms with van der Waals surface area (Å²) >= 11 is 3.19. The van der Waals surface area contributed by atoms with E-state index in [0.29, 0.717) is 11.1 Å². The smallest absolute Gasteiger partial charge is 0.262 e. The lowest BCUT2D eigenvalue weighted by molar-refractivity contribution is 0.0684. The van der Waals surface area contributed by atoms with Crippen LogP contribution >= 0.6 is 23.1 Å². The molecule has 0 spiro atoms. The second kappa shape index (κ2) is 6.17. The summed E-state index contributed by atoms with van der Waals surface area (Å²) in [5.74, 6) is -0.185. The van der Waals surface area contributed by atoms with Crippen LogP contribution in [-0.2, 0) is 12.8 Å². The van der Waals surface area contributed by atoms with E-state index in [2.05, 4.69) is 9.97 Å². The molecule has 2 aliphatic rings. The van der Waals surface area contributed by atoms with Crippen molar-refractivity contribution in [3.63, 3.8) is 0 Å². The topological polar surface area (TPSA) is 63.2 Å². The molecule has 0 saturated heterocycles. The summed E-state index contributed by atoms with van der Waals surface area (Å²) in [5, 5.41) is 1.99. The van der Waals surface area contributed by atoms with Crippen LogP contribution in [0.4, 0.5) is 0 Å². The number of hydrogen-bond acceptors (Lipinski definition) is 6. The minimum atomic E-state index is -0.226. The number of imide groups is 1. The van der Waals surface area contributed by atoms with Crippen LogP contribution in [-0.4, -0.2) is 32.6 Å². The third kappa shape index (κ3) is 2.38. The zero-order valence-electron chi connectivity index (χ0n) is 13.9. The maximum absolute atomic E-state index is 12.5. The molecule has 1 aromatic carbocycles. The number of rotatable bonds is 3. The maximum Gasteiger partial charge on any atom is 0.262 e. The van der Waals surface area contributed by atoms with Gasteiger partial charge >= 0.3 is 0 Å². The summed E-state index contributed by atoms with van der Waals surface area (Å²) in [6.07, 6.45) is 6.16. The number of benzene rings is 1. The van der Waals surface area contributed by atoms with E-state index in [1.165, 1.54) is 39.9 Å². The molecule has 26 heavy (non-hydrogen) atoms. The molecule has 1 aliphatic carbocycles. The monoisotopic (exact) mass is 381 g/mol. The van der Waals surface area contributed by atoms with Crippen molar-refractivity contribution < 1.29 is 9.59 Å². The Kier molecular flexibility index (Phi) is 3.79. The molecule has 0 unspecified atom stereocenters. The molecule has 130 valence electrons. The lowest BCUT2D eigenvalue weighted by Gasteiger charge is -2.14. The summed E-state index contributed by atoms with van der Waals surface area (Å²) in [6.45, 7) is 0. The summed E-state index contributed by atoms with van der Waals surface area (Å²) in [7, 11) is 0. The molecule has 3 heterocycles. The number of carbonyl (C=O) groups excluding carboxylic acids is 2. The predicted molar refractivity (Wildman–Crippen MR) is 102 cm³/mol. The number of hydrogen-bond donors (Lipinski definition) is 0. The van der Waals surface area contributed by atoms with Crippen molar-refractivity contribution in [3.05, 3.63) is 52.2 Å². The number of thiophene rings is 1. The molecule has 7 heteroatoms. The Morgan fingerprint density at radius 1 is 1.04 bits per heavy atom. The van der Waals surface area contributed by atoms with Crippen LogP contribution in [0.3, 0.4) is 0 Å². The van der Waals surface area contributed by atoms with Gasteiger partial charge in [0.2, 0.25) is 0 Å². The van der Waals surface area contributed by atoms with Crippen molar-refractivity contribution in [2.24, 2.45) is 0 Å². The molecule has 0 bridgehead atoms. The van der Waals surface area contributed by atoms with E-state index < -0.39 is 0 Å². The number of aryl methyl sites for hydroxylation is 2. The molecule has 5 rings (SSSR count). The second-order valence-electron chi connectivity index (χ2n) is 6.43. The van der Waals surface area contributed by atoms with Crippen LogP contribution in [0.1, 0.15) is 44.0 Å². The molecule has 5 nitrogen and oxygen atoms in total. The highest BCUT2D eigenvalue weighted by atomic mass is 32.2. The van der Waals surface area contributed by atoms with Gasteiger partial charge in [-0.3, -0.25) is 14.5 Å². The summed E-state index contributed by atoms with van der Waals surface area (Å²) < 4.78 is 0. The van der Waals surface area contributed by atoms with Gasteiger partial charge in [0.05, 0.1) is 17.0 Å². The average Bonchev–Trinajstić information content (AvgIpc) is 3.17. The van der Waals surface area contributed by atoms with Gasteiger partial charge in [-0.25, -0.2) is 9.97 Å². The van der Waals surface area contributed by atoms with Gasteiger partial charge in [0.15, 0.2) is 0 Å². The molecule has 0 fully saturated rings. The fourth-order valence-electron chi connectivity index (χ4n) is 3.65. The molecular weight excluding hydrogens is 366 g/mol. The van der Waals surface area contributed by atoms with Crippen LogP contribution < -0.4 is 0 Å². The lowest BCUT2D eigenvalue weighted by atomic mass is 9.97. The van der Waals surface area contributed by atoms with Crippen molar-refractivity contribution in [1.82, 2.24) is 14.9 Å². The molecule has 0 saturated carbocycles. The van der Waals surface area contributed by atoms with Gasteiger partial charge in [0.25, 0.3) is 11.8 Å². The van der Waals surface area contributed by atoms with Crippen molar-refractivity contribution in [3.8, 4) is 0 Å². The normalized spacial score (nSPS) is 16.2. The standard InChI is InChI=1S/C19H15N3O2S2/c23-18-11-5-1-2-6-12(11)19(24)22(18)10-25-16-15-13-7-3-4-8-14(13)26-17(15)21-9-20-16/h1-2,5-6,9H,3-4,7-8,10H2. The number of amides is 2. The van der Waals surface area contributed by atoms with Gasteiger partial charge in [-0.2, -0.15) is 0 Å². The summed E-state index contributed by atoms with van der Waals surface area (Å²) in [5.41, 5.74) is 2.33. The first-order valence-electron chi connectivity index (χ1n) is 8.57. The quantitative estimate of drug-likeness (QED) is 0.391. The zero-order chi connectivity index (χ0) is 17.7. The molecular formula is C19H15N3O2S2. The van der Waals surface area contributed by atoms with E-state index in [1.54, 1.807) is 41.9 Å². The van der Waals surface area contributed by atoms with Gasteiger partial charge in [-0.05, 0) is 43.4 Å². The van der Waals surface area contributed by atoms with E-state index in [0.717, 1.165) is 28.1 Å². The van der Waals surface area contributed by atoms with Crippen molar-refractivity contribution in [1.29, 1.82) is 0 Å². The van der Waals surface area contributed by atoms with Gasteiger partial charge in [-0.1, -0.05) is 23.9 Å². The van der Waals surface area contributed by atoms with E-state index in [4.69, 9.17) is 0 Å². The average molecular weight is 381 g/mol. The molecule has 3 aromatic rings. The Morgan fingerprint density at radius 3 is 2.54 bits per heavy atom. The van der Waals surface area contributed by atoms with E-state index in [1.807, 2.05) is 0 Å². The number of carbonyl (C=O) groups is 2. The van der Waals surface area contributed by atoms with Crippen LogP contribution in [0, 0.1) is 0 Å². The Morgan fingerprint density at radius 2 is 1.77 bits per heavy atom. The Hall–Kier alpha value is -2.25. The van der Waals surface area contributed by atoms with Crippen LogP contribution in [0.15, 0.2) is 35.6 Å². The third-order valence-corrected chi connectivity index (χ3v) is 7.10. The highest BCUT2D eigenvalue weighted by Crippen LogP contribution is 2.39. The molecule has 2 amide bonds. The molecule has 0 atom stereocenters. The second-order valence-corrected chi connectivity index (χ2v) is 8.44. The first-order chi connectivity index (χ1) is 12.7. The summed E-state index contributed by atoms with van der Waals surface area (Å²) in [6, 6.07) is 6.98. The number of nitrogens with zero attached hydrogens (tertiary/aromatic N) is 3. The first-order valence-corrected chi connectivity index (χ1v) is 10.4. The Balaban J connectivity index is 1.46. The van der Waals surface area contributed by atoms with Gasteiger partial charge in [0.1, 0.15) is 16.2 Å². The predicted octanol–water partition coefficient (Wildman–Crippen LogP) is 3.92. The largest absolute Gasteiger partial charge is 0.269 e. The zero-order valence-corrected chi connectivity index (χ0v) is 15.5. The van der Waals surface area contributed by atoms with Crippen LogP contribution in [0.5, 0.6) is 0 Å². The summed E-state index contributed by atoms with van der Waals surface area (Å²) in [4.78, 5) is 37.7. The van der Waals surface area contributed by atoms with E-state index >= 15 is 0 Å². The Bertz CT molecular complexity index is 1030. The highest BCUT2D eigenvalue weighted by molar-refractivity contribution is 7.99. The number of aromatic nitrogens is 2. The van der Waals surface area contributed by atoms with Gasteiger partial charge in [-0.15, -0.1) is 11.3 Å². The molecule has 2 aromatic heterocycles. The third-order valence-electron chi connectivity index (χ3n) is 4.93. The lowest BCUT2D eigenvalue weighted by Crippen LogP contribution is -2.29. The van der Waals surface area contributed by atoms with E-state index in [-0.39, 0.29) is 17.7 Å². The minimum absolute atomic E-state index is 0.226. The fraction of sp³-hybridized carbons (Fsp3) is 0.263. The van der Waals surface area contributed by atoms with Crippen LogP contribution in [0.2, 0.25) is 0 Å². The minimum Gasteiger partial charge on any atom is -0.269 e. The van der Waals surface area contributed by atoms with Crippen molar-refractivity contribution in [2.45, 2.75) is 30.7 Å². The number of fused-ring (bicyclic) bond motifs is 4. The highest BCUT2D eigenvalue weighted by Gasteiger charge is 2.35. The van der Waals surface area contributed by atoms with Gasteiger partial charge in [0, 0.05) is 10.3 Å². The van der Waals surface area contributed by atoms with Crippen LogP contribution in [0.25, 0.3) is 10.2 Å². The van der Waals surface area contributed by atoms with E-state index in [9.17, 15) is 9.59 Å². The maximum atomic E-state index is 12.5. The Labute approximate surface area is 158 Å².